The highest BCUT2D eigenvalue weighted by atomic mass is 16.5. The van der Waals surface area contributed by atoms with Crippen molar-refractivity contribution in [3.8, 4) is 0 Å². The summed E-state index contributed by atoms with van der Waals surface area (Å²) < 4.78 is 0.844. The van der Waals surface area contributed by atoms with Crippen LogP contribution in [0.15, 0.2) is 23.3 Å². The van der Waals surface area contributed by atoms with Crippen LogP contribution < -0.4 is 5.49 Å². The topological polar surface area (TPSA) is 54.6 Å². The summed E-state index contributed by atoms with van der Waals surface area (Å²) in [5.41, 5.74) is 0.673. The van der Waals surface area contributed by atoms with Crippen molar-refractivity contribution < 1.29 is 10.0 Å². The zero-order chi connectivity index (χ0) is 11.6. The smallest absolute Gasteiger partial charge is 0.253 e. The molecular weight excluding hydrogens is 192 g/mol. The minimum absolute atomic E-state index is 0.254. The van der Waals surface area contributed by atoms with Gasteiger partial charge >= 0.3 is 0 Å². The standard InChI is InChI=1S/C11H16N2O2/c1-8-5-6-13(15)9(7-8)12-10(14)11(2,3)4/h5-7,15H,1-4H3. The number of carbonyl (C=O) groups is 1. The highest BCUT2D eigenvalue weighted by molar-refractivity contribution is 5.82. The zero-order valence-electron chi connectivity index (χ0n) is 9.48. The first kappa shape index (κ1) is 11.5. The number of aromatic nitrogens is 1. The second-order valence-corrected chi connectivity index (χ2v) is 4.57. The lowest BCUT2D eigenvalue weighted by molar-refractivity contribution is -0.125. The quantitative estimate of drug-likeness (QED) is 0.657. The molecule has 0 aliphatic rings. The highest BCUT2D eigenvalue weighted by Gasteiger charge is 2.20. The van der Waals surface area contributed by atoms with Crippen molar-refractivity contribution in [2.24, 2.45) is 10.4 Å². The minimum Gasteiger partial charge on any atom is -0.427 e. The van der Waals surface area contributed by atoms with E-state index in [1.165, 1.54) is 6.20 Å². The van der Waals surface area contributed by atoms with Crippen LogP contribution in [0.5, 0.6) is 0 Å². The molecule has 0 fully saturated rings. The molecule has 4 nitrogen and oxygen atoms in total. The number of carbonyl (C=O) groups excluding carboxylic acids is 1. The molecular formula is C11H16N2O2. The summed E-state index contributed by atoms with van der Waals surface area (Å²) in [6, 6.07) is 3.39. The lowest BCUT2D eigenvalue weighted by Crippen LogP contribution is -2.25. The Hall–Kier alpha value is -1.58. The first-order valence-corrected chi connectivity index (χ1v) is 4.78. The number of hydrogen-bond acceptors (Lipinski definition) is 2. The molecule has 1 aromatic rings. The van der Waals surface area contributed by atoms with Gasteiger partial charge in [0.1, 0.15) is 0 Å². The summed E-state index contributed by atoms with van der Waals surface area (Å²) in [5.74, 6) is -0.254. The molecule has 1 rings (SSSR count). The van der Waals surface area contributed by atoms with Crippen LogP contribution in [-0.4, -0.2) is 15.8 Å². The second kappa shape index (κ2) is 3.88. The fourth-order valence-electron chi connectivity index (χ4n) is 0.938. The lowest BCUT2D eigenvalue weighted by atomic mass is 9.96. The van der Waals surface area contributed by atoms with E-state index in [9.17, 15) is 10.0 Å². The minimum atomic E-state index is -0.531. The summed E-state index contributed by atoms with van der Waals surface area (Å²) >= 11 is 0. The van der Waals surface area contributed by atoms with E-state index in [2.05, 4.69) is 4.99 Å². The predicted octanol–water partition coefficient (Wildman–Crippen LogP) is 1.51. The molecule has 82 valence electrons. The molecule has 0 unspecified atom stereocenters. The average molecular weight is 208 g/mol. The highest BCUT2D eigenvalue weighted by Crippen LogP contribution is 2.14. The van der Waals surface area contributed by atoms with E-state index < -0.39 is 5.41 Å². The summed E-state index contributed by atoms with van der Waals surface area (Å²) in [7, 11) is 0. The molecule has 0 saturated carbocycles. The van der Waals surface area contributed by atoms with E-state index in [-0.39, 0.29) is 11.4 Å². The van der Waals surface area contributed by atoms with Crippen LogP contribution >= 0.6 is 0 Å². The normalized spacial score (nSPS) is 12.9. The van der Waals surface area contributed by atoms with Crippen molar-refractivity contribution >= 4 is 5.91 Å². The Morgan fingerprint density at radius 1 is 1.47 bits per heavy atom. The van der Waals surface area contributed by atoms with E-state index in [1.54, 1.807) is 32.9 Å². The van der Waals surface area contributed by atoms with Gasteiger partial charge in [0.25, 0.3) is 5.91 Å². The molecule has 15 heavy (non-hydrogen) atoms. The van der Waals surface area contributed by atoms with Crippen LogP contribution in [0.2, 0.25) is 0 Å². The fourth-order valence-corrected chi connectivity index (χ4v) is 0.938. The van der Waals surface area contributed by atoms with Gasteiger partial charge in [-0.2, -0.15) is 9.72 Å². The maximum absolute atomic E-state index is 11.6. The van der Waals surface area contributed by atoms with Gasteiger partial charge in [-0.05, 0) is 24.6 Å². The van der Waals surface area contributed by atoms with Crippen LogP contribution in [0.4, 0.5) is 0 Å². The SMILES string of the molecule is Cc1ccn(O)c(=NC(=O)C(C)(C)C)c1. The fraction of sp³-hybridized carbons (Fsp3) is 0.455. The molecule has 0 spiro atoms. The van der Waals surface area contributed by atoms with Crippen molar-refractivity contribution in [1.82, 2.24) is 4.73 Å². The lowest BCUT2D eigenvalue weighted by Gasteiger charge is -2.12. The number of pyridine rings is 1. The molecule has 0 aliphatic carbocycles. The van der Waals surface area contributed by atoms with E-state index in [0.29, 0.717) is 0 Å². The molecule has 1 aromatic heterocycles. The number of amides is 1. The number of hydrogen-bond donors (Lipinski definition) is 1. The summed E-state index contributed by atoms with van der Waals surface area (Å²) in [4.78, 5) is 15.5. The van der Waals surface area contributed by atoms with Gasteiger partial charge in [-0.3, -0.25) is 4.79 Å². The third-order valence-electron chi connectivity index (χ3n) is 1.93. The number of aryl methyl sites for hydroxylation is 1. The molecule has 0 aliphatic heterocycles. The molecule has 0 bridgehead atoms. The van der Waals surface area contributed by atoms with Crippen molar-refractivity contribution in [3.05, 3.63) is 29.4 Å². The summed E-state index contributed by atoms with van der Waals surface area (Å²) in [6.07, 6.45) is 1.46. The molecule has 4 heteroatoms. The molecule has 0 radical (unpaired) electrons. The van der Waals surface area contributed by atoms with Gasteiger partial charge in [-0.15, -0.1) is 0 Å². The Morgan fingerprint density at radius 2 is 2.07 bits per heavy atom. The number of nitrogens with zero attached hydrogens (tertiary/aromatic N) is 2. The van der Waals surface area contributed by atoms with Gasteiger partial charge in [0.15, 0.2) is 5.49 Å². The Balaban J connectivity index is 3.22. The van der Waals surface area contributed by atoms with Crippen molar-refractivity contribution in [2.75, 3.05) is 0 Å². The Bertz CT molecular complexity index is 439. The van der Waals surface area contributed by atoms with Crippen molar-refractivity contribution in [1.29, 1.82) is 0 Å². The number of rotatable bonds is 0. The molecule has 1 heterocycles. The molecule has 0 atom stereocenters. The summed E-state index contributed by atoms with van der Waals surface area (Å²) in [6.45, 7) is 7.24. The van der Waals surface area contributed by atoms with Crippen LogP contribution in [-0.2, 0) is 4.79 Å². The van der Waals surface area contributed by atoms with E-state index in [0.717, 1.165) is 10.3 Å². The largest absolute Gasteiger partial charge is 0.427 e. The first-order valence-electron chi connectivity index (χ1n) is 4.78. The molecule has 1 N–H and O–H groups in total. The van der Waals surface area contributed by atoms with Crippen LogP contribution in [0.1, 0.15) is 26.3 Å². The van der Waals surface area contributed by atoms with Gasteiger partial charge in [-0.1, -0.05) is 20.8 Å². The molecule has 0 aromatic carbocycles. The van der Waals surface area contributed by atoms with E-state index >= 15 is 0 Å². The molecule has 0 saturated heterocycles. The molecule has 1 amide bonds. The maximum Gasteiger partial charge on any atom is 0.253 e. The van der Waals surface area contributed by atoms with Crippen molar-refractivity contribution in [3.63, 3.8) is 0 Å². The maximum atomic E-state index is 11.6. The third kappa shape index (κ3) is 2.94. The second-order valence-electron chi connectivity index (χ2n) is 4.57. The summed E-state index contributed by atoms with van der Waals surface area (Å²) in [5, 5.41) is 9.42. The predicted molar refractivity (Wildman–Crippen MR) is 56.4 cm³/mol. The Kier molecular flexibility index (Phi) is 2.98. The van der Waals surface area contributed by atoms with Crippen LogP contribution in [0.25, 0.3) is 0 Å². The van der Waals surface area contributed by atoms with Crippen LogP contribution in [0.3, 0.4) is 0 Å². The van der Waals surface area contributed by atoms with Gasteiger partial charge in [0.05, 0.1) is 0 Å². The van der Waals surface area contributed by atoms with Crippen molar-refractivity contribution in [2.45, 2.75) is 27.7 Å². The van der Waals surface area contributed by atoms with Gasteiger partial charge in [-0.25, -0.2) is 0 Å². The van der Waals surface area contributed by atoms with E-state index in [1.807, 2.05) is 6.92 Å². The van der Waals surface area contributed by atoms with E-state index in [4.69, 9.17) is 0 Å². The van der Waals surface area contributed by atoms with Crippen LogP contribution in [0, 0.1) is 12.3 Å². The third-order valence-corrected chi connectivity index (χ3v) is 1.93. The monoisotopic (exact) mass is 208 g/mol. The Morgan fingerprint density at radius 3 is 2.60 bits per heavy atom. The zero-order valence-corrected chi connectivity index (χ0v) is 9.48. The van der Waals surface area contributed by atoms with Gasteiger partial charge in [0.2, 0.25) is 0 Å². The average Bonchev–Trinajstić information content (AvgIpc) is 2.09. The van der Waals surface area contributed by atoms with Gasteiger partial charge < -0.3 is 5.21 Å². The Labute approximate surface area is 88.9 Å². The van der Waals surface area contributed by atoms with Gasteiger partial charge in [0, 0.05) is 11.6 Å². The first-order chi connectivity index (χ1) is 6.80.